The van der Waals surface area contributed by atoms with Crippen molar-refractivity contribution in [3.8, 4) is 0 Å². The number of likely N-dealkylation sites (tertiary alicyclic amines) is 1. The van der Waals surface area contributed by atoms with Crippen molar-refractivity contribution in [1.82, 2.24) is 9.80 Å². The molecule has 2 aromatic rings. The van der Waals surface area contributed by atoms with Gasteiger partial charge in [-0.15, -0.1) is 0 Å². The Balaban J connectivity index is 1.57. The molecule has 29 heavy (non-hydrogen) atoms. The second-order valence-electron chi connectivity index (χ2n) is 7.20. The van der Waals surface area contributed by atoms with Crippen molar-refractivity contribution in [3.05, 3.63) is 65.7 Å². The van der Waals surface area contributed by atoms with Crippen LogP contribution in [0, 0.1) is 5.92 Å². The molecule has 1 aliphatic heterocycles. The molecule has 0 spiro atoms. The van der Waals surface area contributed by atoms with Gasteiger partial charge in [0.1, 0.15) is 0 Å². The van der Waals surface area contributed by atoms with Crippen LogP contribution in [0.2, 0.25) is 0 Å². The first-order valence-corrected chi connectivity index (χ1v) is 10.0. The van der Waals surface area contributed by atoms with E-state index in [1.165, 1.54) is 0 Å². The Morgan fingerprint density at radius 2 is 1.69 bits per heavy atom. The number of anilines is 1. The molecule has 152 valence electrons. The maximum Gasteiger partial charge on any atom is 0.253 e. The molecule has 0 bridgehead atoms. The van der Waals surface area contributed by atoms with E-state index in [9.17, 15) is 14.4 Å². The van der Waals surface area contributed by atoms with Crippen molar-refractivity contribution in [1.29, 1.82) is 0 Å². The highest BCUT2D eigenvalue weighted by atomic mass is 16.2. The van der Waals surface area contributed by atoms with E-state index in [0.29, 0.717) is 37.4 Å². The molecule has 6 heteroatoms. The maximum absolute atomic E-state index is 12.6. The lowest BCUT2D eigenvalue weighted by molar-refractivity contribution is -0.128. The quantitative estimate of drug-likeness (QED) is 0.786. The van der Waals surface area contributed by atoms with Crippen LogP contribution in [-0.2, 0) is 16.1 Å². The van der Waals surface area contributed by atoms with E-state index < -0.39 is 0 Å². The lowest BCUT2D eigenvalue weighted by atomic mass is 10.1. The highest BCUT2D eigenvalue weighted by molar-refractivity contribution is 5.98. The third-order valence-electron chi connectivity index (χ3n) is 5.25. The first kappa shape index (κ1) is 20.6. The lowest BCUT2D eigenvalue weighted by Gasteiger charge is -2.19. The highest BCUT2D eigenvalue weighted by Crippen LogP contribution is 2.22. The summed E-state index contributed by atoms with van der Waals surface area (Å²) >= 11 is 0. The molecule has 3 rings (SSSR count). The molecule has 1 aliphatic rings. The number of carbonyl (C=O) groups is 3. The molecule has 0 aliphatic carbocycles. The number of rotatable bonds is 7. The molecule has 1 N–H and O–H groups in total. The van der Waals surface area contributed by atoms with Crippen LogP contribution in [0.1, 0.15) is 36.2 Å². The Labute approximate surface area is 171 Å². The van der Waals surface area contributed by atoms with E-state index in [0.717, 1.165) is 5.56 Å². The summed E-state index contributed by atoms with van der Waals surface area (Å²) < 4.78 is 0. The Kier molecular flexibility index (Phi) is 6.65. The minimum absolute atomic E-state index is 0.00540. The third-order valence-corrected chi connectivity index (χ3v) is 5.25. The summed E-state index contributed by atoms with van der Waals surface area (Å²) in [6.07, 6.45) is 0.219. The molecule has 0 aromatic heterocycles. The minimum Gasteiger partial charge on any atom is -0.339 e. The second-order valence-corrected chi connectivity index (χ2v) is 7.20. The zero-order chi connectivity index (χ0) is 20.8. The molecule has 0 saturated carbocycles. The third kappa shape index (κ3) is 5.02. The smallest absolute Gasteiger partial charge is 0.253 e. The monoisotopic (exact) mass is 393 g/mol. The van der Waals surface area contributed by atoms with Gasteiger partial charge in [-0.1, -0.05) is 30.3 Å². The van der Waals surface area contributed by atoms with Crippen LogP contribution in [0.5, 0.6) is 0 Å². The number of nitrogens with one attached hydrogen (secondary N) is 1. The van der Waals surface area contributed by atoms with Crippen LogP contribution in [0.25, 0.3) is 0 Å². The summed E-state index contributed by atoms with van der Waals surface area (Å²) in [7, 11) is 0. The van der Waals surface area contributed by atoms with Gasteiger partial charge >= 0.3 is 0 Å². The van der Waals surface area contributed by atoms with Crippen LogP contribution in [-0.4, -0.2) is 47.2 Å². The molecule has 3 amide bonds. The molecular formula is C23H27N3O3. The Morgan fingerprint density at radius 1 is 1.03 bits per heavy atom. The zero-order valence-corrected chi connectivity index (χ0v) is 16.9. The minimum atomic E-state index is -0.372. The topological polar surface area (TPSA) is 69.7 Å². The number of benzene rings is 2. The van der Waals surface area contributed by atoms with Crippen molar-refractivity contribution in [2.75, 3.05) is 25.0 Å². The average Bonchev–Trinajstić information content (AvgIpc) is 3.10. The van der Waals surface area contributed by atoms with Crippen molar-refractivity contribution in [2.24, 2.45) is 5.92 Å². The number of hydrogen-bond donors (Lipinski definition) is 1. The van der Waals surface area contributed by atoms with E-state index in [1.54, 1.807) is 34.1 Å². The van der Waals surface area contributed by atoms with Crippen LogP contribution in [0.3, 0.4) is 0 Å². The molecule has 1 atom stereocenters. The molecule has 0 radical (unpaired) electrons. The summed E-state index contributed by atoms with van der Waals surface area (Å²) in [6, 6.07) is 16.7. The molecule has 1 fully saturated rings. The van der Waals surface area contributed by atoms with E-state index in [1.807, 2.05) is 44.2 Å². The van der Waals surface area contributed by atoms with Gasteiger partial charge in [0.15, 0.2) is 0 Å². The van der Waals surface area contributed by atoms with Crippen LogP contribution >= 0.6 is 0 Å². The van der Waals surface area contributed by atoms with Gasteiger partial charge in [0.2, 0.25) is 11.8 Å². The van der Waals surface area contributed by atoms with Gasteiger partial charge in [-0.3, -0.25) is 14.4 Å². The fourth-order valence-corrected chi connectivity index (χ4v) is 3.54. The Hall–Kier alpha value is -3.15. The second kappa shape index (κ2) is 9.37. The van der Waals surface area contributed by atoms with E-state index in [2.05, 4.69) is 5.32 Å². The standard InChI is InChI=1S/C23H27N3O3/c1-3-25(4-2)23(29)18-10-12-20(13-11-18)24-22(28)19-14-21(27)26(16-19)15-17-8-6-5-7-9-17/h5-13,19H,3-4,14-16H2,1-2H3,(H,24,28). The van der Waals surface area contributed by atoms with E-state index in [4.69, 9.17) is 0 Å². The van der Waals surface area contributed by atoms with Gasteiger partial charge in [-0.2, -0.15) is 0 Å². The summed E-state index contributed by atoms with van der Waals surface area (Å²) in [5.74, 6) is -0.570. The first-order valence-electron chi connectivity index (χ1n) is 10.0. The van der Waals surface area contributed by atoms with Crippen molar-refractivity contribution >= 4 is 23.4 Å². The number of carbonyl (C=O) groups excluding carboxylic acids is 3. The fraction of sp³-hybridized carbons (Fsp3) is 0.348. The van der Waals surface area contributed by atoms with Gasteiger partial charge in [0, 0.05) is 43.9 Å². The largest absolute Gasteiger partial charge is 0.339 e. The summed E-state index contributed by atoms with van der Waals surface area (Å²) in [6.45, 7) is 6.13. The van der Waals surface area contributed by atoms with Gasteiger partial charge in [0.25, 0.3) is 5.91 Å². The van der Waals surface area contributed by atoms with Crippen LogP contribution in [0.15, 0.2) is 54.6 Å². The van der Waals surface area contributed by atoms with Crippen molar-refractivity contribution in [2.45, 2.75) is 26.8 Å². The predicted octanol–water partition coefficient (Wildman–Crippen LogP) is 3.16. The molecule has 1 saturated heterocycles. The predicted molar refractivity (Wildman–Crippen MR) is 112 cm³/mol. The Bertz CT molecular complexity index is 861. The number of hydrogen-bond acceptors (Lipinski definition) is 3. The van der Waals surface area contributed by atoms with Crippen molar-refractivity contribution < 1.29 is 14.4 Å². The summed E-state index contributed by atoms with van der Waals surface area (Å²) in [5.41, 5.74) is 2.27. The van der Waals surface area contributed by atoms with Crippen LogP contribution < -0.4 is 5.32 Å². The SMILES string of the molecule is CCN(CC)C(=O)c1ccc(NC(=O)C2CC(=O)N(Cc3ccccc3)C2)cc1. The molecular weight excluding hydrogens is 366 g/mol. The molecule has 2 aromatic carbocycles. The average molecular weight is 393 g/mol. The van der Waals surface area contributed by atoms with Gasteiger partial charge in [-0.25, -0.2) is 0 Å². The van der Waals surface area contributed by atoms with E-state index >= 15 is 0 Å². The molecule has 1 heterocycles. The van der Waals surface area contributed by atoms with Gasteiger partial charge in [-0.05, 0) is 43.7 Å². The molecule has 1 unspecified atom stereocenters. The lowest BCUT2D eigenvalue weighted by Crippen LogP contribution is -2.30. The molecule has 6 nitrogen and oxygen atoms in total. The zero-order valence-electron chi connectivity index (χ0n) is 16.9. The van der Waals surface area contributed by atoms with Crippen LogP contribution in [0.4, 0.5) is 5.69 Å². The maximum atomic E-state index is 12.6. The number of amides is 3. The highest BCUT2D eigenvalue weighted by Gasteiger charge is 2.34. The van der Waals surface area contributed by atoms with Crippen molar-refractivity contribution in [3.63, 3.8) is 0 Å². The van der Waals surface area contributed by atoms with Gasteiger partial charge < -0.3 is 15.1 Å². The van der Waals surface area contributed by atoms with E-state index in [-0.39, 0.29) is 30.1 Å². The first-order chi connectivity index (χ1) is 14.0. The normalized spacial score (nSPS) is 16.0. The fourth-order valence-electron chi connectivity index (χ4n) is 3.54. The Morgan fingerprint density at radius 3 is 2.31 bits per heavy atom. The number of nitrogens with zero attached hydrogens (tertiary/aromatic N) is 2. The van der Waals surface area contributed by atoms with Gasteiger partial charge in [0.05, 0.1) is 5.92 Å². The summed E-state index contributed by atoms with van der Waals surface area (Å²) in [5, 5.41) is 2.87. The summed E-state index contributed by atoms with van der Waals surface area (Å²) in [4.78, 5) is 40.7.